The maximum Gasteiger partial charge on any atom is 0.289 e. The highest BCUT2D eigenvalue weighted by molar-refractivity contribution is 7.99. The molecule has 6 nitrogen and oxygen atoms in total. The van der Waals surface area contributed by atoms with Crippen LogP contribution in [0.1, 0.15) is 10.4 Å². The predicted molar refractivity (Wildman–Crippen MR) is 105 cm³/mol. The van der Waals surface area contributed by atoms with Gasteiger partial charge in [0.2, 0.25) is 0 Å². The van der Waals surface area contributed by atoms with Crippen molar-refractivity contribution in [3.05, 3.63) is 52.0 Å². The summed E-state index contributed by atoms with van der Waals surface area (Å²) < 4.78 is 51.0. The van der Waals surface area contributed by atoms with Gasteiger partial charge in [-0.15, -0.1) is 0 Å². The number of nitrogens with one attached hydrogen (secondary N) is 1. The summed E-state index contributed by atoms with van der Waals surface area (Å²) in [5.74, 6) is -3.47. The van der Waals surface area contributed by atoms with Crippen molar-refractivity contribution in [2.45, 2.75) is 15.5 Å². The molecule has 0 bridgehead atoms. The normalized spacial score (nSPS) is 11.9. The maximum atomic E-state index is 12.8. The number of carbonyl (C=O) groups excluding carboxylic acids is 1. The standard InChI is InChI=1S/C16H14Cl2F2N2O4S2/c1-22(26-2)28(24,25)13-8-9(6-7-10(13)17)15(23)21-12-5-3-4-11(18)14(12)27-16(19)20/h3-8,16H,1-2H3,(H,21,23). The van der Waals surface area contributed by atoms with Crippen LogP contribution < -0.4 is 5.32 Å². The van der Waals surface area contributed by atoms with Crippen molar-refractivity contribution in [2.24, 2.45) is 0 Å². The number of amides is 1. The Balaban J connectivity index is 2.40. The number of hydrogen-bond acceptors (Lipinski definition) is 5. The van der Waals surface area contributed by atoms with Gasteiger partial charge in [-0.05, 0) is 30.3 Å². The second-order valence-electron chi connectivity index (χ2n) is 5.19. The largest absolute Gasteiger partial charge is 0.321 e. The van der Waals surface area contributed by atoms with Crippen LogP contribution in [-0.4, -0.2) is 38.7 Å². The first kappa shape index (κ1) is 22.9. The molecule has 0 unspecified atom stereocenters. The molecule has 0 aliphatic heterocycles. The van der Waals surface area contributed by atoms with Crippen LogP contribution in [-0.2, 0) is 14.9 Å². The van der Waals surface area contributed by atoms with E-state index in [1.54, 1.807) is 0 Å². The number of halogens is 4. The van der Waals surface area contributed by atoms with Gasteiger partial charge in [0.15, 0.2) is 0 Å². The van der Waals surface area contributed by atoms with Gasteiger partial charge < -0.3 is 5.32 Å². The lowest BCUT2D eigenvalue weighted by Crippen LogP contribution is -2.26. The smallest absolute Gasteiger partial charge is 0.289 e. The van der Waals surface area contributed by atoms with Crippen LogP contribution in [0, 0.1) is 0 Å². The van der Waals surface area contributed by atoms with Crippen molar-refractivity contribution in [1.82, 2.24) is 4.47 Å². The van der Waals surface area contributed by atoms with E-state index in [0.29, 0.717) is 4.47 Å². The molecule has 0 spiro atoms. The number of thioether (sulfide) groups is 1. The summed E-state index contributed by atoms with van der Waals surface area (Å²) in [5, 5.41) is 2.39. The summed E-state index contributed by atoms with van der Waals surface area (Å²) in [6.07, 6.45) is 0. The van der Waals surface area contributed by atoms with Gasteiger partial charge in [-0.3, -0.25) is 9.63 Å². The molecule has 0 radical (unpaired) electrons. The van der Waals surface area contributed by atoms with Crippen LogP contribution in [0.25, 0.3) is 0 Å². The molecule has 0 aliphatic carbocycles. The minimum Gasteiger partial charge on any atom is -0.321 e. The van der Waals surface area contributed by atoms with Gasteiger partial charge in [0, 0.05) is 12.6 Å². The highest BCUT2D eigenvalue weighted by atomic mass is 35.5. The summed E-state index contributed by atoms with van der Waals surface area (Å²) >= 11 is 12.1. The molecule has 0 fully saturated rings. The van der Waals surface area contributed by atoms with E-state index in [4.69, 9.17) is 23.2 Å². The zero-order valence-corrected chi connectivity index (χ0v) is 17.6. The second kappa shape index (κ2) is 9.38. The molecular formula is C16H14Cl2F2N2O4S2. The Labute approximate surface area is 174 Å². The van der Waals surface area contributed by atoms with Crippen LogP contribution in [0.4, 0.5) is 14.5 Å². The van der Waals surface area contributed by atoms with E-state index in [-0.39, 0.29) is 42.8 Å². The fraction of sp³-hybridized carbons (Fsp3) is 0.188. The van der Waals surface area contributed by atoms with Crippen LogP contribution in [0.15, 0.2) is 46.2 Å². The zero-order chi connectivity index (χ0) is 21.1. The number of rotatable bonds is 7. The number of anilines is 1. The maximum absolute atomic E-state index is 12.8. The topological polar surface area (TPSA) is 75.7 Å². The first-order valence-electron chi connectivity index (χ1n) is 7.45. The number of hydrogen-bond donors (Lipinski definition) is 1. The molecule has 2 aromatic rings. The van der Waals surface area contributed by atoms with Gasteiger partial charge in [-0.25, -0.2) is 8.42 Å². The molecule has 1 N–H and O–H groups in total. The van der Waals surface area contributed by atoms with Crippen LogP contribution in [0.2, 0.25) is 10.0 Å². The quantitative estimate of drug-likeness (QED) is 0.466. The third-order valence-electron chi connectivity index (χ3n) is 3.49. The zero-order valence-electron chi connectivity index (χ0n) is 14.5. The number of benzene rings is 2. The van der Waals surface area contributed by atoms with Crippen LogP contribution in [0.5, 0.6) is 0 Å². The van der Waals surface area contributed by atoms with Crippen molar-refractivity contribution in [2.75, 3.05) is 19.5 Å². The Kier molecular flexibility index (Phi) is 7.66. The Hall–Kier alpha value is -1.43. The van der Waals surface area contributed by atoms with Gasteiger partial charge in [-0.2, -0.15) is 8.78 Å². The van der Waals surface area contributed by atoms with E-state index in [0.717, 1.165) is 20.2 Å². The molecule has 12 heteroatoms. The van der Waals surface area contributed by atoms with Gasteiger partial charge in [0.25, 0.3) is 21.7 Å². The Morgan fingerprint density at radius 2 is 1.89 bits per heavy atom. The van der Waals surface area contributed by atoms with Gasteiger partial charge >= 0.3 is 0 Å². The van der Waals surface area contributed by atoms with E-state index < -0.39 is 21.7 Å². The van der Waals surface area contributed by atoms with Crippen LogP contribution in [0.3, 0.4) is 0 Å². The predicted octanol–water partition coefficient (Wildman–Crippen LogP) is 4.74. The average molecular weight is 471 g/mol. The van der Waals surface area contributed by atoms with Gasteiger partial charge in [0.05, 0.1) is 27.7 Å². The molecule has 2 aromatic carbocycles. The minimum absolute atomic E-state index is 0.00607. The van der Waals surface area contributed by atoms with Crippen molar-refractivity contribution in [1.29, 1.82) is 0 Å². The fourth-order valence-electron chi connectivity index (χ4n) is 2.09. The average Bonchev–Trinajstić information content (AvgIpc) is 2.63. The first-order valence-corrected chi connectivity index (χ1v) is 10.5. The number of alkyl halides is 2. The number of sulfonamides is 1. The molecule has 0 atom stereocenters. The van der Waals surface area contributed by atoms with Gasteiger partial charge in [-0.1, -0.05) is 45.5 Å². The summed E-state index contributed by atoms with van der Waals surface area (Å²) in [6.45, 7) is 0. The molecular weight excluding hydrogens is 457 g/mol. The third-order valence-corrected chi connectivity index (χ3v) is 6.93. The third kappa shape index (κ3) is 5.13. The lowest BCUT2D eigenvalue weighted by Gasteiger charge is -2.16. The van der Waals surface area contributed by atoms with Crippen molar-refractivity contribution < 1.29 is 26.8 Å². The second-order valence-corrected chi connectivity index (χ2v) is 8.91. The number of hydroxylamine groups is 1. The molecule has 0 saturated carbocycles. The molecule has 1 amide bonds. The molecule has 28 heavy (non-hydrogen) atoms. The Morgan fingerprint density at radius 3 is 2.50 bits per heavy atom. The highest BCUT2D eigenvalue weighted by Gasteiger charge is 2.25. The van der Waals surface area contributed by atoms with Crippen LogP contribution >= 0.6 is 35.0 Å². The molecule has 0 heterocycles. The molecule has 2 rings (SSSR count). The Morgan fingerprint density at radius 1 is 1.21 bits per heavy atom. The van der Waals surface area contributed by atoms with E-state index in [1.807, 2.05) is 0 Å². The van der Waals surface area contributed by atoms with Gasteiger partial charge in [0.1, 0.15) is 4.90 Å². The number of nitrogens with zero attached hydrogens (tertiary/aromatic N) is 1. The molecule has 0 aliphatic rings. The molecule has 152 valence electrons. The van der Waals surface area contributed by atoms with Crippen molar-refractivity contribution in [3.8, 4) is 0 Å². The first-order chi connectivity index (χ1) is 13.1. The molecule has 0 saturated heterocycles. The van der Waals surface area contributed by atoms with E-state index >= 15 is 0 Å². The molecule has 0 aromatic heterocycles. The Bertz CT molecular complexity index is 991. The number of carbonyl (C=O) groups is 1. The minimum atomic E-state index is -4.10. The lowest BCUT2D eigenvalue weighted by atomic mass is 10.2. The highest BCUT2D eigenvalue weighted by Crippen LogP contribution is 2.38. The van der Waals surface area contributed by atoms with E-state index in [2.05, 4.69) is 10.2 Å². The van der Waals surface area contributed by atoms with Crippen molar-refractivity contribution >= 4 is 56.6 Å². The summed E-state index contributed by atoms with van der Waals surface area (Å²) in [7, 11) is -1.78. The van der Waals surface area contributed by atoms with E-state index in [1.165, 1.54) is 30.3 Å². The lowest BCUT2D eigenvalue weighted by molar-refractivity contribution is -0.0258. The summed E-state index contributed by atoms with van der Waals surface area (Å²) in [4.78, 5) is 16.9. The SMILES string of the molecule is CON(C)S(=O)(=O)c1cc(C(=O)Nc2cccc(Cl)c2SC(F)F)ccc1Cl. The van der Waals surface area contributed by atoms with E-state index in [9.17, 15) is 22.0 Å². The summed E-state index contributed by atoms with van der Waals surface area (Å²) in [6, 6.07) is 7.90. The van der Waals surface area contributed by atoms with Crippen molar-refractivity contribution in [3.63, 3.8) is 0 Å². The fourth-order valence-corrected chi connectivity index (χ4v) is 4.48. The summed E-state index contributed by atoms with van der Waals surface area (Å²) in [5.41, 5.74) is 0.0108. The monoisotopic (exact) mass is 470 g/mol.